The van der Waals surface area contributed by atoms with Crippen LogP contribution >= 0.6 is 0 Å². The zero-order chi connectivity index (χ0) is 20.5. The van der Waals surface area contributed by atoms with E-state index in [1.165, 1.54) is 5.56 Å². The maximum atomic E-state index is 5.18. The molecule has 8 nitrogen and oxygen atoms in total. The Bertz CT molecular complexity index is 919. The van der Waals surface area contributed by atoms with E-state index in [0.717, 1.165) is 35.9 Å². The number of H-pyrrole nitrogens is 1. The summed E-state index contributed by atoms with van der Waals surface area (Å²) in [4.78, 5) is 8.77. The van der Waals surface area contributed by atoms with E-state index in [0.29, 0.717) is 18.3 Å². The van der Waals surface area contributed by atoms with Crippen LogP contribution < -0.4 is 20.1 Å². The van der Waals surface area contributed by atoms with Crippen LogP contribution in [0.15, 0.2) is 53.5 Å². The van der Waals surface area contributed by atoms with Crippen LogP contribution in [0, 0.1) is 0 Å². The Balaban J connectivity index is 1.47. The van der Waals surface area contributed by atoms with E-state index >= 15 is 0 Å². The van der Waals surface area contributed by atoms with Crippen LogP contribution in [0.4, 0.5) is 0 Å². The smallest absolute Gasteiger partial charge is 0.191 e. The van der Waals surface area contributed by atoms with Gasteiger partial charge in [0, 0.05) is 19.2 Å². The number of methoxy groups -OCH3 is 2. The summed E-state index contributed by atoms with van der Waals surface area (Å²) in [7, 11) is 5.05. The second kappa shape index (κ2) is 10.1. The molecular weight excluding hydrogens is 368 g/mol. The molecule has 0 aliphatic rings. The predicted octanol–water partition coefficient (Wildman–Crippen LogP) is 2.40. The molecule has 0 fully saturated rings. The van der Waals surface area contributed by atoms with E-state index in [1.807, 2.05) is 36.4 Å². The molecule has 0 amide bonds. The van der Waals surface area contributed by atoms with Gasteiger partial charge in [-0.1, -0.05) is 12.1 Å². The van der Waals surface area contributed by atoms with Crippen molar-refractivity contribution in [1.82, 2.24) is 25.8 Å². The normalized spacial score (nSPS) is 11.2. The summed E-state index contributed by atoms with van der Waals surface area (Å²) in [6, 6.07) is 15.7. The fourth-order valence-electron chi connectivity index (χ4n) is 2.75. The highest BCUT2D eigenvalue weighted by molar-refractivity contribution is 5.79. The fraction of sp³-hybridized carbons (Fsp3) is 0.286. The Morgan fingerprint density at radius 1 is 0.966 bits per heavy atom. The van der Waals surface area contributed by atoms with Crippen molar-refractivity contribution in [1.29, 1.82) is 0 Å². The van der Waals surface area contributed by atoms with Crippen molar-refractivity contribution in [2.24, 2.45) is 4.99 Å². The van der Waals surface area contributed by atoms with Crippen molar-refractivity contribution in [3.8, 4) is 22.9 Å². The van der Waals surface area contributed by atoms with Gasteiger partial charge in [0.15, 0.2) is 11.8 Å². The Hall–Kier alpha value is -3.55. The molecule has 3 aromatic rings. The third kappa shape index (κ3) is 5.71. The third-order valence-corrected chi connectivity index (χ3v) is 4.39. The van der Waals surface area contributed by atoms with Gasteiger partial charge in [0.25, 0.3) is 0 Å². The van der Waals surface area contributed by atoms with Gasteiger partial charge in [-0.25, -0.2) is 4.98 Å². The van der Waals surface area contributed by atoms with E-state index in [2.05, 4.69) is 42.9 Å². The highest BCUT2D eigenvalue weighted by Gasteiger charge is 2.07. The minimum absolute atomic E-state index is 0.491. The molecule has 0 spiro atoms. The number of nitrogens with one attached hydrogen (secondary N) is 3. The van der Waals surface area contributed by atoms with Gasteiger partial charge >= 0.3 is 0 Å². The number of hydrogen-bond donors (Lipinski definition) is 3. The maximum Gasteiger partial charge on any atom is 0.191 e. The van der Waals surface area contributed by atoms with Crippen molar-refractivity contribution in [3.63, 3.8) is 0 Å². The Labute approximate surface area is 170 Å². The van der Waals surface area contributed by atoms with Gasteiger partial charge in [0.1, 0.15) is 17.3 Å². The van der Waals surface area contributed by atoms with Crippen molar-refractivity contribution in [2.75, 3.05) is 27.8 Å². The highest BCUT2D eigenvalue weighted by Crippen LogP contribution is 2.18. The molecule has 1 aromatic heterocycles. The largest absolute Gasteiger partial charge is 0.497 e. The molecule has 0 bridgehead atoms. The lowest BCUT2D eigenvalue weighted by atomic mass is 10.1. The van der Waals surface area contributed by atoms with Gasteiger partial charge in [-0.05, 0) is 48.4 Å². The van der Waals surface area contributed by atoms with E-state index in [9.17, 15) is 0 Å². The lowest BCUT2D eigenvalue weighted by Crippen LogP contribution is -2.38. The van der Waals surface area contributed by atoms with Crippen molar-refractivity contribution in [3.05, 3.63) is 59.9 Å². The van der Waals surface area contributed by atoms with E-state index < -0.39 is 0 Å². The lowest BCUT2D eigenvalue weighted by Gasteiger charge is -2.11. The first-order valence-corrected chi connectivity index (χ1v) is 9.35. The first-order chi connectivity index (χ1) is 14.2. The van der Waals surface area contributed by atoms with Crippen LogP contribution in [0.5, 0.6) is 11.5 Å². The molecule has 0 atom stereocenters. The molecule has 8 heteroatoms. The van der Waals surface area contributed by atoms with Gasteiger partial charge in [-0.15, -0.1) is 0 Å². The second-order valence-corrected chi connectivity index (χ2v) is 6.28. The SMILES string of the molecule is CN=C(NCCc1ccc(OC)cc1)NCc1nc(-c2ccc(OC)cc2)n[nH]1. The summed E-state index contributed by atoms with van der Waals surface area (Å²) in [6.07, 6.45) is 0.884. The quantitative estimate of drug-likeness (QED) is 0.401. The summed E-state index contributed by atoms with van der Waals surface area (Å²) in [6.45, 7) is 1.25. The Morgan fingerprint density at radius 3 is 2.24 bits per heavy atom. The molecule has 152 valence electrons. The van der Waals surface area contributed by atoms with Gasteiger partial charge in [0.05, 0.1) is 20.8 Å². The van der Waals surface area contributed by atoms with Gasteiger partial charge < -0.3 is 20.1 Å². The number of nitrogens with zero attached hydrogens (tertiary/aromatic N) is 3. The van der Waals surface area contributed by atoms with Crippen LogP contribution in [0.25, 0.3) is 11.4 Å². The van der Waals surface area contributed by atoms with Gasteiger partial charge in [-0.2, -0.15) is 5.10 Å². The lowest BCUT2D eigenvalue weighted by molar-refractivity contribution is 0.414. The van der Waals surface area contributed by atoms with E-state index in [1.54, 1.807) is 21.3 Å². The Morgan fingerprint density at radius 2 is 1.62 bits per heavy atom. The number of benzene rings is 2. The topological polar surface area (TPSA) is 96.5 Å². The zero-order valence-electron chi connectivity index (χ0n) is 16.9. The molecule has 0 aliphatic carbocycles. The predicted molar refractivity (Wildman–Crippen MR) is 113 cm³/mol. The summed E-state index contributed by atoms with van der Waals surface area (Å²) in [5, 5.41) is 13.8. The zero-order valence-corrected chi connectivity index (χ0v) is 16.9. The highest BCUT2D eigenvalue weighted by atomic mass is 16.5. The summed E-state index contributed by atoms with van der Waals surface area (Å²) in [5.41, 5.74) is 2.16. The molecule has 3 rings (SSSR count). The number of guanidine groups is 1. The average molecular weight is 394 g/mol. The standard InChI is InChI=1S/C21H26N6O2/c1-22-21(23-13-12-15-4-8-17(28-2)9-5-15)24-14-19-25-20(27-26-19)16-6-10-18(29-3)11-7-16/h4-11H,12-14H2,1-3H3,(H2,22,23,24)(H,25,26,27). The molecule has 2 aromatic carbocycles. The fourth-order valence-corrected chi connectivity index (χ4v) is 2.75. The Kier molecular flexibility index (Phi) is 7.05. The first kappa shape index (κ1) is 20.2. The van der Waals surface area contributed by atoms with Crippen LogP contribution in [-0.4, -0.2) is 49.0 Å². The molecule has 0 aliphatic heterocycles. The molecule has 0 saturated carbocycles. The summed E-state index contributed by atoms with van der Waals surface area (Å²) >= 11 is 0. The number of aromatic amines is 1. The van der Waals surface area contributed by atoms with E-state index in [4.69, 9.17) is 9.47 Å². The minimum Gasteiger partial charge on any atom is -0.497 e. The van der Waals surface area contributed by atoms with Gasteiger partial charge in [-0.3, -0.25) is 10.1 Å². The minimum atomic E-state index is 0.491. The number of aliphatic imine (C=N–C) groups is 1. The van der Waals surface area contributed by atoms with Crippen LogP contribution in [0.3, 0.4) is 0 Å². The van der Waals surface area contributed by atoms with Crippen LogP contribution in [0.1, 0.15) is 11.4 Å². The molecule has 1 heterocycles. The van der Waals surface area contributed by atoms with Crippen molar-refractivity contribution in [2.45, 2.75) is 13.0 Å². The second-order valence-electron chi connectivity index (χ2n) is 6.28. The first-order valence-electron chi connectivity index (χ1n) is 9.35. The number of hydrogen-bond acceptors (Lipinski definition) is 5. The average Bonchev–Trinajstić information content (AvgIpc) is 3.25. The number of aromatic nitrogens is 3. The molecule has 0 radical (unpaired) electrons. The van der Waals surface area contributed by atoms with E-state index in [-0.39, 0.29) is 0 Å². The van der Waals surface area contributed by atoms with Crippen molar-refractivity contribution >= 4 is 5.96 Å². The monoisotopic (exact) mass is 394 g/mol. The molecule has 29 heavy (non-hydrogen) atoms. The molecule has 0 unspecified atom stereocenters. The molecular formula is C21H26N6O2. The molecule has 0 saturated heterocycles. The summed E-state index contributed by atoms with van der Waals surface area (Å²) in [5.74, 6) is 3.75. The number of rotatable bonds is 8. The van der Waals surface area contributed by atoms with Crippen LogP contribution in [0.2, 0.25) is 0 Å². The van der Waals surface area contributed by atoms with Crippen LogP contribution in [-0.2, 0) is 13.0 Å². The molecule has 3 N–H and O–H groups in total. The third-order valence-electron chi connectivity index (χ3n) is 4.39. The van der Waals surface area contributed by atoms with Gasteiger partial charge in [0.2, 0.25) is 0 Å². The summed E-state index contributed by atoms with van der Waals surface area (Å²) < 4.78 is 10.4. The number of ether oxygens (including phenoxy) is 2. The maximum absolute atomic E-state index is 5.18. The van der Waals surface area contributed by atoms with Crippen molar-refractivity contribution < 1.29 is 9.47 Å².